The fourth-order valence-corrected chi connectivity index (χ4v) is 3.92. The Balaban J connectivity index is 1.74. The standard InChI is InChI=1S/C16H29NO2/c1-2-12-5-3-7-14(10-9-12)17-11-13-6-4-8-15(13)16(18)19/h12-15,17H,2-11H2,1H3,(H,18,19). The van der Waals surface area contributed by atoms with E-state index >= 15 is 0 Å². The summed E-state index contributed by atoms with van der Waals surface area (Å²) >= 11 is 0. The zero-order valence-electron chi connectivity index (χ0n) is 12.2. The molecule has 2 N–H and O–H groups in total. The van der Waals surface area contributed by atoms with Crippen LogP contribution in [0.1, 0.15) is 64.7 Å². The second-order valence-corrected chi connectivity index (χ2v) is 6.52. The highest BCUT2D eigenvalue weighted by Crippen LogP contribution is 2.32. The lowest BCUT2D eigenvalue weighted by molar-refractivity contribution is -0.142. The lowest BCUT2D eigenvalue weighted by Crippen LogP contribution is -2.35. The Morgan fingerprint density at radius 1 is 1.11 bits per heavy atom. The van der Waals surface area contributed by atoms with Crippen LogP contribution in [0.2, 0.25) is 0 Å². The minimum Gasteiger partial charge on any atom is -0.481 e. The number of nitrogens with one attached hydrogen (secondary N) is 1. The third kappa shape index (κ3) is 4.20. The zero-order valence-corrected chi connectivity index (χ0v) is 12.2. The quantitative estimate of drug-likeness (QED) is 0.750. The first-order valence-corrected chi connectivity index (χ1v) is 8.17. The van der Waals surface area contributed by atoms with Gasteiger partial charge >= 0.3 is 5.97 Å². The van der Waals surface area contributed by atoms with Crippen LogP contribution in [-0.2, 0) is 4.79 Å². The van der Waals surface area contributed by atoms with E-state index in [1.165, 1.54) is 38.5 Å². The van der Waals surface area contributed by atoms with E-state index in [2.05, 4.69) is 12.2 Å². The van der Waals surface area contributed by atoms with Crippen LogP contribution in [0.4, 0.5) is 0 Å². The second-order valence-electron chi connectivity index (χ2n) is 6.52. The molecule has 2 rings (SSSR count). The van der Waals surface area contributed by atoms with Gasteiger partial charge in [0.1, 0.15) is 0 Å². The number of carboxylic acids is 1. The summed E-state index contributed by atoms with van der Waals surface area (Å²) in [6.07, 6.45) is 11.0. The largest absolute Gasteiger partial charge is 0.481 e. The summed E-state index contributed by atoms with van der Waals surface area (Å²) in [6.45, 7) is 3.22. The summed E-state index contributed by atoms with van der Waals surface area (Å²) in [5.41, 5.74) is 0. The number of hydrogen-bond acceptors (Lipinski definition) is 2. The third-order valence-corrected chi connectivity index (χ3v) is 5.31. The van der Waals surface area contributed by atoms with Crippen molar-refractivity contribution in [1.82, 2.24) is 5.32 Å². The van der Waals surface area contributed by atoms with Gasteiger partial charge in [0.05, 0.1) is 5.92 Å². The maximum absolute atomic E-state index is 11.2. The van der Waals surface area contributed by atoms with Crippen LogP contribution in [0.5, 0.6) is 0 Å². The van der Waals surface area contributed by atoms with E-state index < -0.39 is 5.97 Å². The van der Waals surface area contributed by atoms with Gasteiger partial charge in [-0.1, -0.05) is 32.6 Å². The van der Waals surface area contributed by atoms with Gasteiger partial charge in [0.15, 0.2) is 0 Å². The van der Waals surface area contributed by atoms with Crippen molar-refractivity contribution in [3.8, 4) is 0 Å². The molecule has 4 atom stereocenters. The highest BCUT2D eigenvalue weighted by atomic mass is 16.4. The number of aliphatic carboxylic acids is 1. The number of carbonyl (C=O) groups is 1. The molecule has 2 fully saturated rings. The molecule has 19 heavy (non-hydrogen) atoms. The molecule has 2 aliphatic rings. The molecule has 3 nitrogen and oxygen atoms in total. The lowest BCUT2D eigenvalue weighted by atomic mass is 9.95. The van der Waals surface area contributed by atoms with Crippen LogP contribution in [-0.4, -0.2) is 23.7 Å². The van der Waals surface area contributed by atoms with E-state index in [9.17, 15) is 9.90 Å². The minimum absolute atomic E-state index is 0.0957. The molecule has 0 amide bonds. The Kier molecular flexibility index (Phi) is 5.68. The molecule has 2 aliphatic carbocycles. The van der Waals surface area contributed by atoms with Crippen LogP contribution in [0.3, 0.4) is 0 Å². The van der Waals surface area contributed by atoms with Crippen molar-refractivity contribution in [3.63, 3.8) is 0 Å². The number of hydrogen-bond donors (Lipinski definition) is 2. The van der Waals surface area contributed by atoms with Crippen LogP contribution < -0.4 is 5.32 Å². The molecule has 2 saturated carbocycles. The summed E-state index contributed by atoms with van der Waals surface area (Å²) in [5, 5.41) is 12.9. The van der Waals surface area contributed by atoms with E-state index in [4.69, 9.17) is 0 Å². The smallest absolute Gasteiger partial charge is 0.306 e. The summed E-state index contributed by atoms with van der Waals surface area (Å²) < 4.78 is 0. The molecule has 0 aromatic carbocycles. The van der Waals surface area contributed by atoms with Crippen molar-refractivity contribution in [1.29, 1.82) is 0 Å². The van der Waals surface area contributed by atoms with Crippen LogP contribution >= 0.6 is 0 Å². The van der Waals surface area contributed by atoms with Gasteiger partial charge in [-0.15, -0.1) is 0 Å². The second kappa shape index (κ2) is 7.28. The van der Waals surface area contributed by atoms with Gasteiger partial charge in [0.2, 0.25) is 0 Å². The Morgan fingerprint density at radius 2 is 1.89 bits per heavy atom. The minimum atomic E-state index is -0.587. The molecule has 0 bridgehead atoms. The van der Waals surface area contributed by atoms with Crippen molar-refractivity contribution >= 4 is 5.97 Å². The lowest BCUT2D eigenvalue weighted by Gasteiger charge is -2.22. The molecule has 0 spiro atoms. The molecular weight excluding hydrogens is 238 g/mol. The van der Waals surface area contributed by atoms with E-state index in [1.807, 2.05) is 0 Å². The highest BCUT2D eigenvalue weighted by Gasteiger charge is 2.33. The molecule has 3 heteroatoms. The van der Waals surface area contributed by atoms with Gasteiger partial charge in [-0.25, -0.2) is 0 Å². The maximum Gasteiger partial charge on any atom is 0.306 e. The Labute approximate surface area is 117 Å². The average Bonchev–Trinajstić information content (AvgIpc) is 2.75. The van der Waals surface area contributed by atoms with Gasteiger partial charge in [0.25, 0.3) is 0 Å². The first kappa shape index (κ1) is 14.8. The predicted octanol–water partition coefficient (Wildman–Crippen LogP) is 3.44. The van der Waals surface area contributed by atoms with E-state index in [1.54, 1.807) is 0 Å². The van der Waals surface area contributed by atoms with E-state index in [-0.39, 0.29) is 5.92 Å². The summed E-state index contributed by atoms with van der Waals surface area (Å²) in [6, 6.07) is 0.631. The van der Waals surface area contributed by atoms with Crippen LogP contribution in [0.25, 0.3) is 0 Å². The van der Waals surface area contributed by atoms with Crippen molar-refractivity contribution in [3.05, 3.63) is 0 Å². The number of carboxylic acid groups (broad SMARTS) is 1. The fraction of sp³-hybridized carbons (Fsp3) is 0.938. The normalized spacial score (nSPS) is 36.1. The number of rotatable bonds is 5. The molecule has 0 aromatic rings. The molecule has 4 unspecified atom stereocenters. The Morgan fingerprint density at radius 3 is 2.63 bits per heavy atom. The monoisotopic (exact) mass is 267 g/mol. The predicted molar refractivity (Wildman–Crippen MR) is 77.1 cm³/mol. The van der Waals surface area contributed by atoms with Gasteiger partial charge in [-0.05, 0) is 50.5 Å². The first-order chi connectivity index (χ1) is 9.20. The van der Waals surface area contributed by atoms with Crippen LogP contribution in [0, 0.1) is 17.8 Å². The molecule has 0 aromatic heterocycles. The Hall–Kier alpha value is -0.570. The molecule has 110 valence electrons. The van der Waals surface area contributed by atoms with Crippen molar-refractivity contribution in [2.75, 3.05) is 6.54 Å². The van der Waals surface area contributed by atoms with Crippen molar-refractivity contribution in [2.24, 2.45) is 17.8 Å². The summed E-state index contributed by atoms with van der Waals surface area (Å²) in [7, 11) is 0. The van der Waals surface area contributed by atoms with Gasteiger partial charge < -0.3 is 10.4 Å². The van der Waals surface area contributed by atoms with Gasteiger partial charge in [-0.2, -0.15) is 0 Å². The van der Waals surface area contributed by atoms with E-state index in [0.29, 0.717) is 12.0 Å². The van der Waals surface area contributed by atoms with E-state index in [0.717, 1.165) is 31.7 Å². The van der Waals surface area contributed by atoms with Crippen molar-refractivity contribution < 1.29 is 9.90 Å². The topological polar surface area (TPSA) is 49.3 Å². The Bertz CT molecular complexity index is 292. The first-order valence-electron chi connectivity index (χ1n) is 8.17. The van der Waals surface area contributed by atoms with Crippen molar-refractivity contribution in [2.45, 2.75) is 70.8 Å². The third-order valence-electron chi connectivity index (χ3n) is 5.31. The summed E-state index contributed by atoms with van der Waals surface area (Å²) in [5.74, 6) is 0.602. The highest BCUT2D eigenvalue weighted by molar-refractivity contribution is 5.70. The van der Waals surface area contributed by atoms with Gasteiger partial charge in [0, 0.05) is 6.04 Å². The zero-order chi connectivity index (χ0) is 13.7. The average molecular weight is 267 g/mol. The summed E-state index contributed by atoms with van der Waals surface area (Å²) in [4.78, 5) is 11.2. The van der Waals surface area contributed by atoms with Crippen LogP contribution in [0.15, 0.2) is 0 Å². The molecule has 0 heterocycles. The molecule has 0 radical (unpaired) electrons. The van der Waals surface area contributed by atoms with Gasteiger partial charge in [-0.3, -0.25) is 4.79 Å². The SMILES string of the molecule is CCC1CCCC(NCC2CCCC2C(=O)O)CC1. The molecular formula is C16H29NO2. The molecule has 0 saturated heterocycles. The molecule has 0 aliphatic heterocycles. The fourth-order valence-electron chi connectivity index (χ4n) is 3.92. The maximum atomic E-state index is 11.2.